The zero-order valence-electron chi connectivity index (χ0n) is 17.3. The number of methoxy groups -OCH3 is 1. The molecule has 0 bridgehead atoms. The van der Waals surface area contributed by atoms with E-state index in [2.05, 4.69) is 15.6 Å². The molecule has 2 rings (SSSR count). The Kier molecular flexibility index (Phi) is 7.64. The fourth-order valence-corrected chi connectivity index (χ4v) is 2.88. The van der Waals surface area contributed by atoms with Gasteiger partial charge in [0.15, 0.2) is 0 Å². The Morgan fingerprint density at radius 2 is 1.90 bits per heavy atom. The Hall–Kier alpha value is -3.03. The maximum atomic E-state index is 12.3. The second-order valence-corrected chi connectivity index (χ2v) is 7.74. The van der Waals surface area contributed by atoms with Crippen LogP contribution < -0.4 is 10.6 Å². The summed E-state index contributed by atoms with van der Waals surface area (Å²) in [5.41, 5.74) is 1.31. The smallest absolute Gasteiger partial charge is 0.407 e. The van der Waals surface area contributed by atoms with Crippen molar-refractivity contribution in [1.82, 2.24) is 15.6 Å². The standard InChI is InChI=1S/C21H29N3O5/c1-21(2,3)29-20(27)22-11-7-10-18(25)24-17(19(26)28-4)12-14-13-23-16-9-6-5-8-15(14)16/h5-6,8-9,13,17,23H,7,10-12H2,1-4H3,(H,22,27)(H,24,25)/t17-/m0/s1. The van der Waals surface area contributed by atoms with Crippen LogP contribution in [0.5, 0.6) is 0 Å². The van der Waals surface area contributed by atoms with Crippen molar-refractivity contribution < 1.29 is 23.9 Å². The third-order valence-electron chi connectivity index (χ3n) is 4.17. The number of benzene rings is 1. The van der Waals surface area contributed by atoms with E-state index in [1.54, 1.807) is 20.8 Å². The fourth-order valence-electron chi connectivity index (χ4n) is 2.88. The summed E-state index contributed by atoms with van der Waals surface area (Å²) < 4.78 is 9.97. The molecule has 0 radical (unpaired) electrons. The molecule has 0 spiro atoms. The maximum Gasteiger partial charge on any atom is 0.407 e. The van der Waals surface area contributed by atoms with E-state index in [-0.39, 0.29) is 12.3 Å². The van der Waals surface area contributed by atoms with Crippen LogP contribution in [0.3, 0.4) is 0 Å². The van der Waals surface area contributed by atoms with Crippen molar-refractivity contribution in [3.63, 3.8) is 0 Å². The minimum atomic E-state index is -0.787. The van der Waals surface area contributed by atoms with E-state index in [1.165, 1.54) is 7.11 Å². The second kappa shape index (κ2) is 9.95. The van der Waals surface area contributed by atoms with Crippen molar-refractivity contribution >= 4 is 28.9 Å². The Bertz CT molecular complexity index is 853. The highest BCUT2D eigenvalue weighted by Gasteiger charge is 2.23. The molecule has 2 aromatic rings. The molecule has 0 fully saturated rings. The highest BCUT2D eigenvalue weighted by molar-refractivity contribution is 5.87. The second-order valence-electron chi connectivity index (χ2n) is 7.74. The van der Waals surface area contributed by atoms with Crippen molar-refractivity contribution in [2.75, 3.05) is 13.7 Å². The van der Waals surface area contributed by atoms with Crippen molar-refractivity contribution in [1.29, 1.82) is 0 Å². The molecule has 1 aromatic heterocycles. The van der Waals surface area contributed by atoms with Gasteiger partial charge in [-0.25, -0.2) is 9.59 Å². The number of rotatable bonds is 8. The summed E-state index contributed by atoms with van der Waals surface area (Å²) in [5.74, 6) is -0.790. The van der Waals surface area contributed by atoms with Crippen LogP contribution in [-0.2, 0) is 25.5 Å². The number of carbonyl (C=O) groups is 3. The van der Waals surface area contributed by atoms with Crippen molar-refractivity contribution in [2.45, 2.75) is 51.7 Å². The normalized spacial score (nSPS) is 12.3. The Morgan fingerprint density at radius 1 is 1.17 bits per heavy atom. The van der Waals surface area contributed by atoms with E-state index in [0.717, 1.165) is 16.5 Å². The lowest BCUT2D eigenvalue weighted by molar-refractivity contribution is -0.145. The van der Waals surface area contributed by atoms with Crippen LogP contribution in [0.15, 0.2) is 30.5 Å². The first-order valence-electron chi connectivity index (χ1n) is 9.58. The number of H-pyrrole nitrogens is 1. The van der Waals surface area contributed by atoms with Crippen LogP contribution in [0.1, 0.15) is 39.2 Å². The lowest BCUT2D eigenvalue weighted by Crippen LogP contribution is -2.43. The van der Waals surface area contributed by atoms with Crippen molar-refractivity contribution in [3.8, 4) is 0 Å². The van der Waals surface area contributed by atoms with E-state index in [9.17, 15) is 14.4 Å². The molecule has 0 aliphatic rings. The van der Waals surface area contributed by atoms with Gasteiger partial charge in [-0.15, -0.1) is 0 Å². The molecule has 0 aliphatic carbocycles. The number of esters is 1. The van der Waals surface area contributed by atoms with E-state index in [1.807, 2.05) is 30.5 Å². The first kappa shape index (κ1) is 22.3. The van der Waals surface area contributed by atoms with Gasteiger partial charge in [-0.1, -0.05) is 18.2 Å². The summed E-state index contributed by atoms with van der Waals surface area (Å²) in [4.78, 5) is 39.2. The predicted molar refractivity (Wildman–Crippen MR) is 109 cm³/mol. The van der Waals surface area contributed by atoms with Crippen LogP contribution in [0.2, 0.25) is 0 Å². The van der Waals surface area contributed by atoms with E-state index in [4.69, 9.17) is 9.47 Å². The molecule has 0 saturated carbocycles. The Morgan fingerprint density at radius 3 is 2.59 bits per heavy atom. The third-order valence-corrected chi connectivity index (χ3v) is 4.17. The minimum Gasteiger partial charge on any atom is -0.467 e. The summed E-state index contributed by atoms with van der Waals surface area (Å²) in [6.45, 7) is 5.63. The van der Waals surface area contributed by atoms with Crippen LogP contribution >= 0.6 is 0 Å². The number of aromatic amines is 1. The van der Waals surface area contributed by atoms with Crippen molar-refractivity contribution in [2.24, 2.45) is 0 Å². The maximum absolute atomic E-state index is 12.3. The molecule has 8 heteroatoms. The van der Waals surface area contributed by atoms with Gasteiger partial charge < -0.3 is 25.1 Å². The molecule has 8 nitrogen and oxygen atoms in total. The molecular weight excluding hydrogens is 374 g/mol. The van der Waals surface area contributed by atoms with E-state index < -0.39 is 23.7 Å². The summed E-state index contributed by atoms with van der Waals surface area (Å²) in [6.07, 6.45) is 2.21. The van der Waals surface area contributed by atoms with Crippen LogP contribution in [0.4, 0.5) is 4.79 Å². The molecule has 0 aliphatic heterocycles. The number of aromatic nitrogens is 1. The number of para-hydroxylation sites is 1. The molecule has 1 heterocycles. The van der Waals surface area contributed by atoms with Crippen LogP contribution in [0.25, 0.3) is 10.9 Å². The molecule has 1 aromatic carbocycles. The lowest BCUT2D eigenvalue weighted by atomic mass is 10.0. The van der Waals surface area contributed by atoms with Gasteiger partial charge in [-0.05, 0) is 38.8 Å². The Labute approximate surface area is 170 Å². The van der Waals surface area contributed by atoms with Gasteiger partial charge in [0.1, 0.15) is 11.6 Å². The molecule has 158 valence electrons. The highest BCUT2D eigenvalue weighted by atomic mass is 16.6. The summed E-state index contributed by atoms with van der Waals surface area (Å²) >= 11 is 0. The number of hydrogen-bond donors (Lipinski definition) is 3. The summed E-state index contributed by atoms with van der Waals surface area (Å²) in [5, 5.41) is 6.32. The number of carbonyl (C=O) groups excluding carboxylic acids is 3. The topological polar surface area (TPSA) is 110 Å². The molecular formula is C21H29N3O5. The van der Waals surface area contributed by atoms with Gasteiger partial charge in [0.05, 0.1) is 7.11 Å². The Balaban J connectivity index is 1.86. The molecule has 29 heavy (non-hydrogen) atoms. The average molecular weight is 403 g/mol. The van der Waals surface area contributed by atoms with Crippen molar-refractivity contribution in [3.05, 3.63) is 36.0 Å². The van der Waals surface area contributed by atoms with Gasteiger partial charge in [-0.2, -0.15) is 0 Å². The molecule has 0 unspecified atom stereocenters. The predicted octanol–water partition coefficient (Wildman–Crippen LogP) is 2.67. The third kappa shape index (κ3) is 7.14. The SMILES string of the molecule is COC(=O)[C@H](Cc1c[nH]c2ccccc12)NC(=O)CCCNC(=O)OC(C)(C)C. The summed E-state index contributed by atoms with van der Waals surface area (Å²) in [6, 6.07) is 6.96. The lowest BCUT2D eigenvalue weighted by Gasteiger charge is -2.19. The van der Waals surface area contributed by atoms with E-state index in [0.29, 0.717) is 19.4 Å². The van der Waals surface area contributed by atoms with Crippen LogP contribution in [0, 0.1) is 0 Å². The highest BCUT2D eigenvalue weighted by Crippen LogP contribution is 2.19. The van der Waals surface area contributed by atoms with Gasteiger partial charge in [0, 0.05) is 36.5 Å². The summed E-state index contributed by atoms with van der Waals surface area (Å²) in [7, 11) is 1.29. The molecule has 0 saturated heterocycles. The number of ether oxygens (including phenoxy) is 2. The number of amides is 2. The zero-order chi connectivity index (χ0) is 21.4. The average Bonchev–Trinajstić information content (AvgIpc) is 3.06. The zero-order valence-corrected chi connectivity index (χ0v) is 17.3. The number of nitrogens with one attached hydrogen (secondary N) is 3. The first-order valence-corrected chi connectivity index (χ1v) is 9.58. The fraction of sp³-hybridized carbons (Fsp3) is 0.476. The first-order chi connectivity index (χ1) is 13.7. The van der Waals surface area contributed by atoms with Gasteiger partial charge in [-0.3, -0.25) is 4.79 Å². The number of alkyl carbamates (subject to hydrolysis) is 1. The van der Waals surface area contributed by atoms with E-state index >= 15 is 0 Å². The monoisotopic (exact) mass is 403 g/mol. The molecule has 1 atom stereocenters. The van der Waals surface area contributed by atoms with Gasteiger partial charge in [0.25, 0.3) is 0 Å². The molecule has 2 amide bonds. The quantitative estimate of drug-likeness (QED) is 0.464. The number of fused-ring (bicyclic) bond motifs is 1. The molecule has 3 N–H and O–H groups in total. The number of hydrogen-bond acceptors (Lipinski definition) is 5. The van der Waals surface area contributed by atoms with Gasteiger partial charge in [0.2, 0.25) is 5.91 Å². The van der Waals surface area contributed by atoms with Crippen LogP contribution in [-0.4, -0.2) is 48.3 Å². The van der Waals surface area contributed by atoms with Gasteiger partial charge >= 0.3 is 12.1 Å². The minimum absolute atomic E-state index is 0.164. The largest absolute Gasteiger partial charge is 0.467 e.